The molecule has 0 heterocycles. The molecule has 0 amide bonds. The number of hydrogen-bond donors (Lipinski definition) is 2. The molecule has 0 aliphatic carbocycles. The highest BCUT2D eigenvalue weighted by Gasteiger charge is 2.25. The molecular weight excluding hydrogens is 328 g/mol. The van der Waals surface area contributed by atoms with Crippen LogP contribution in [0.3, 0.4) is 0 Å². The molecule has 0 aliphatic heterocycles. The summed E-state index contributed by atoms with van der Waals surface area (Å²) in [6, 6.07) is 13.1. The van der Waals surface area contributed by atoms with Crippen molar-refractivity contribution in [3.05, 3.63) is 65.2 Å². The third-order valence-electron chi connectivity index (χ3n) is 3.45. The normalized spacial score (nSPS) is 12.3. The van der Waals surface area contributed by atoms with Crippen LogP contribution in [-0.4, -0.2) is 25.5 Å². The van der Waals surface area contributed by atoms with E-state index in [-0.39, 0.29) is 11.3 Å². The molecule has 24 heavy (non-hydrogen) atoms. The fraction of sp³-hybridized carbons (Fsp3) is 0.176. The zero-order valence-corrected chi connectivity index (χ0v) is 13.7. The van der Waals surface area contributed by atoms with Crippen LogP contribution < -0.4 is 4.72 Å². The van der Waals surface area contributed by atoms with Crippen molar-refractivity contribution in [3.8, 4) is 6.07 Å². The topological polar surface area (TPSA) is 107 Å². The van der Waals surface area contributed by atoms with Crippen LogP contribution in [0.15, 0.2) is 53.4 Å². The first-order valence-electron chi connectivity index (χ1n) is 7.12. The van der Waals surface area contributed by atoms with Gasteiger partial charge in [-0.05, 0) is 43.2 Å². The summed E-state index contributed by atoms with van der Waals surface area (Å²) in [5, 5.41) is 18.1. The van der Waals surface area contributed by atoms with Crippen LogP contribution in [0.1, 0.15) is 16.7 Å². The molecular formula is C17H16N2O4S. The van der Waals surface area contributed by atoms with Crippen molar-refractivity contribution in [1.29, 1.82) is 5.26 Å². The maximum atomic E-state index is 12.3. The Morgan fingerprint density at radius 1 is 1.17 bits per heavy atom. The van der Waals surface area contributed by atoms with Crippen LogP contribution in [0.25, 0.3) is 0 Å². The van der Waals surface area contributed by atoms with E-state index in [1.165, 1.54) is 12.1 Å². The second kappa shape index (κ2) is 7.25. The molecule has 0 radical (unpaired) electrons. The molecule has 0 bridgehead atoms. The second-order valence-electron chi connectivity index (χ2n) is 5.34. The fourth-order valence-corrected chi connectivity index (χ4v) is 3.29. The van der Waals surface area contributed by atoms with Crippen LogP contribution in [0, 0.1) is 18.3 Å². The number of benzene rings is 2. The van der Waals surface area contributed by atoms with Crippen molar-refractivity contribution in [3.63, 3.8) is 0 Å². The average molecular weight is 344 g/mol. The van der Waals surface area contributed by atoms with E-state index in [4.69, 9.17) is 5.26 Å². The molecule has 7 heteroatoms. The van der Waals surface area contributed by atoms with Crippen molar-refractivity contribution in [2.24, 2.45) is 0 Å². The zero-order chi connectivity index (χ0) is 17.7. The summed E-state index contributed by atoms with van der Waals surface area (Å²) in [6.45, 7) is 1.83. The van der Waals surface area contributed by atoms with E-state index in [9.17, 15) is 18.3 Å². The number of nitrogens with one attached hydrogen (secondary N) is 1. The van der Waals surface area contributed by atoms with Gasteiger partial charge in [-0.15, -0.1) is 0 Å². The zero-order valence-electron chi connectivity index (χ0n) is 12.9. The quantitative estimate of drug-likeness (QED) is 0.831. The number of carboxylic acids is 1. The molecule has 0 saturated heterocycles. The SMILES string of the molecule is Cc1ccc(S(=O)(=O)NC(Cc2ccc(C#N)cc2)C(=O)O)cc1. The first kappa shape index (κ1) is 17.7. The largest absolute Gasteiger partial charge is 0.480 e. The van der Waals surface area contributed by atoms with E-state index in [1.807, 2.05) is 13.0 Å². The number of carbonyl (C=O) groups is 1. The van der Waals surface area contributed by atoms with Gasteiger partial charge in [0.25, 0.3) is 0 Å². The lowest BCUT2D eigenvalue weighted by Crippen LogP contribution is -2.42. The van der Waals surface area contributed by atoms with E-state index in [0.717, 1.165) is 5.56 Å². The Hall–Kier alpha value is -2.69. The van der Waals surface area contributed by atoms with Crippen LogP contribution >= 0.6 is 0 Å². The van der Waals surface area contributed by atoms with Crippen molar-refractivity contribution >= 4 is 16.0 Å². The Kier molecular flexibility index (Phi) is 5.34. The minimum absolute atomic E-state index is 0.0131. The van der Waals surface area contributed by atoms with Gasteiger partial charge in [0.05, 0.1) is 16.5 Å². The molecule has 2 aromatic rings. The van der Waals surface area contributed by atoms with E-state index >= 15 is 0 Å². The first-order valence-corrected chi connectivity index (χ1v) is 8.61. The molecule has 6 nitrogen and oxygen atoms in total. The van der Waals surface area contributed by atoms with E-state index in [2.05, 4.69) is 4.72 Å². The van der Waals surface area contributed by atoms with Gasteiger partial charge in [0.1, 0.15) is 6.04 Å². The van der Waals surface area contributed by atoms with Gasteiger partial charge in [0, 0.05) is 0 Å². The number of hydrogen-bond acceptors (Lipinski definition) is 4. The Balaban J connectivity index is 2.20. The third-order valence-corrected chi connectivity index (χ3v) is 4.94. The Morgan fingerprint density at radius 3 is 2.25 bits per heavy atom. The number of aryl methyl sites for hydroxylation is 1. The van der Waals surface area contributed by atoms with Gasteiger partial charge in [-0.2, -0.15) is 9.98 Å². The molecule has 0 aromatic heterocycles. The smallest absolute Gasteiger partial charge is 0.322 e. The van der Waals surface area contributed by atoms with Gasteiger partial charge in [-0.1, -0.05) is 29.8 Å². The fourth-order valence-electron chi connectivity index (χ4n) is 2.10. The lowest BCUT2D eigenvalue weighted by atomic mass is 10.1. The van der Waals surface area contributed by atoms with Crippen molar-refractivity contribution in [2.75, 3.05) is 0 Å². The first-order chi connectivity index (χ1) is 11.3. The second-order valence-corrected chi connectivity index (χ2v) is 7.05. The highest BCUT2D eigenvalue weighted by molar-refractivity contribution is 7.89. The highest BCUT2D eigenvalue weighted by Crippen LogP contribution is 2.13. The predicted molar refractivity (Wildman–Crippen MR) is 87.8 cm³/mol. The summed E-state index contributed by atoms with van der Waals surface area (Å²) in [6.07, 6.45) is -0.0217. The van der Waals surface area contributed by atoms with Gasteiger partial charge >= 0.3 is 5.97 Å². The van der Waals surface area contributed by atoms with Gasteiger partial charge in [-0.25, -0.2) is 8.42 Å². The Morgan fingerprint density at radius 2 is 1.75 bits per heavy atom. The van der Waals surface area contributed by atoms with E-state index < -0.39 is 22.0 Å². The van der Waals surface area contributed by atoms with E-state index in [1.54, 1.807) is 36.4 Å². The summed E-state index contributed by atoms with van der Waals surface area (Å²) in [7, 11) is -3.94. The van der Waals surface area contributed by atoms with Gasteiger partial charge in [0.15, 0.2) is 0 Å². The lowest BCUT2D eigenvalue weighted by Gasteiger charge is -2.15. The maximum Gasteiger partial charge on any atom is 0.322 e. The minimum Gasteiger partial charge on any atom is -0.480 e. The number of carboxylic acid groups (broad SMARTS) is 1. The molecule has 1 atom stereocenters. The van der Waals surface area contributed by atoms with E-state index in [0.29, 0.717) is 11.1 Å². The molecule has 2 N–H and O–H groups in total. The number of nitrogens with zero attached hydrogens (tertiary/aromatic N) is 1. The molecule has 0 fully saturated rings. The van der Waals surface area contributed by atoms with Crippen molar-refractivity contribution in [1.82, 2.24) is 4.72 Å². The van der Waals surface area contributed by atoms with Crippen LogP contribution in [0.5, 0.6) is 0 Å². The third kappa shape index (κ3) is 4.41. The van der Waals surface area contributed by atoms with Crippen molar-refractivity contribution < 1.29 is 18.3 Å². The molecule has 0 saturated carbocycles. The maximum absolute atomic E-state index is 12.3. The highest BCUT2D eigenvalue weighted by atomic mass is 32.2. The van der Waals surface area contributed by atoms with Crippen LogP contribution in [0.2, 0.25) is 0 Å². The number of aliphatic carboxylic acids is 1. The average Bonchev–Trinajstić information content (AvgIpc) is 2.55. The van der Waals surface area contributed by atoms with Crippen LogP contribution in [0.4, 0.5) is 0 Å². The molecule has 0 spiro atoms. The predicted octanol–water partition coefficient (Wildman–Crippen LogP) is 1.84. The van der Waals surface area contributed by atoms with Gasteiger partial charge in [-0.3, -0.25) is 4.79 Å². The molecule has 2 rings (SSSR count). The summed E-state index contributed by atoms with van der Waals surface area (Å²) in [5.74, 6) is -1.27. The molecule has 2 aromatic carbocycles. The standard InChI is InChI=1S/C17H16N2O4S/c1-12-2-8-15(9-3-12)24(22,23)19-16(17(20)21)10-13-4-6-14(11-18)7-5-13/h2-9,16,19H,10H2,1H3,(H,20,21). The Labute approximate surface area is 140 Å². The Bertz CT molecular complexity index is 866. The number of rotatable bonds is 6. The van der Waals surface area contributed by atoms with Gasteiger partial charge in [0.2, 0.25) is 10.0 Å². The molecule has 1 unspecified atom stereocenters. The summed E-state index contributed by atoms with van der Waals surface area (Å²) in [5.41, 5.74) is 1.97. The molecule has 124 valence electrons. The van der Waals surface area contributed by atoms with Crippen molar-refractivity contribution in [2.45, 2.75) is 24.3 Å². The lowest BCUT2D eigenvalue weighted by molar-refractivity contribution is -0.138. The summed E-state index contributed by atoms with van der Waals surface area (Å²) >= 11 is 0. The monoisotopic (exact) mass is 344 g/mol. The van der Waals surface area contributed by atoms with Crippen LogP contribution in [-0.2, 0) is 21.2 Å². The molecule has 0 aliphatic rings. The number of sulfonamides is 1. The minimum atomic E-state index is -3.94. The summed E-state index contributed by atoms with van der Waals surface area (Å²) < 4.78 is 26.9. The van der Waals surface area contributed by atoms with Gasteiger partial charge < -0.3 is 5.11 Å². The number of nitriles is 1. The summed E-state index contributed by atoms with van der Waals surface area (Å²) in [4.78, 5) is 11.4.